The van der Waals surface area contributed by atoms with Crippen molar-refractivity contribution in [2.24, 2.45) is 5.73 Å². The van der Waals surface area contributed by atoms with Crippen LogP contribution in [0.15, 0.2) is 165 Å². The van der Waals surface area contributed by atoms with E-state index in [1.165, 1.54) is 0 Å². The molecule has 0 fully saturated rings. The Morgan fingerprint density at radius 1 is 0.490 bits per heavy atom. The van der Waals surface area contributed by atoms with E-state index in [0.717, 1.165) is 93.6 Å². The molecule has 0 saturated heterocycles. The number of benzene rings is 7. The monoisotopic (exact) mass is 663 g/mol. The maximum absolute atomic E-state index is 6.92. The maximum atomic E-state index is 6.92. The van der Waals surface area contributed by atoms with Crippen LogP contribution < -0.4 is 16.4 Å². The first-order chi connectivity index (χ1) is 25.2. The molecule has 0 aliphatic rings. The van der Waals surface area contributed by atoms with Gasteiger partial charge in [-0.05, 0) is 35.4 Å². The van der Waals surface area contributed by atoms with Crippen LogP contribution in [0.3, 0.4) is 0 Å². The van der Waals surface area contributed by atoms with E-state index < -0.39 is 6.17 Å². The number of furan rings is 3. The summed E-state index contributed by atoms with van der Waals surface area (Å²) in [7, 11) is 0. The van der Waals surface area contributed by atoms with Gasteiger partial charge in [-0.25, -0.2) is 0 Å². The van der Waals surface area contributed by atoms with Crippen LogP contribution in [0.25, 0.3) is 76.9 Å². The van der Waals surface area contributed by atoms with Crippen LogP contribution in [0.2, 0.25) is 0 Å². The van der Waals surface area contributed by atoms with Gasteiger partial charge in [0.25, 0.3) is 0 Å². The molecule has 3 heterocycles. The van der Waals surface area contributed by atoms with Gasteiger partial charge < -0.3 is 19.0 Å². The normalized spacial score (nSPS) is 13.3. The summed E-state index contributed by atoms with van der Waals surface area (Å²) in [5, 5.41) is 13.9. The number of hydrogen-bond donors (Lipinski definition) is 3. The van der Waals surface area contributed by atoms with Crippen molar-refractivity contribution in [1.29, 1.82) is 0 Å². The summed E-state index contributed by atoms with van der Waals surface area (Å²) >= 11 is 0. The van der Waals surface area contributed by atoms with Crippen molar-refractivity contribution < 1.29 is 13.3 Å². The lowest BCUT2D eigenvalue weighted by Crippen LogP contribution is -2.39. The van der Waals surface area contributed by atoms with Gasteiger partial charge in [-0.1, -0.05) is 127 Å². The molecule has 4 N–H and O–H groups in total. The largest absolute Gasteiger partial charge is 0.456 e. The summed E-state index contributed by atoms with van der Waals surface area (Å²) in [6.07, 6.45) is -0.757. The maximum Gasteiger partial charge on any atom is 0.143 e. The molecule has 3 aromatic heterocycles. The van der Waals surface area contributed by atoms with Crippen LogP contribution in [-0.4, -0.2) is 0 Å². The highest BCUT2D eigenvalue weighted by atomic mass is 16.3. The highest BCUT2D eigenvalue weighted by Crippen LogP contribution is 2.39. The van der Waals surface area contributed by atoms with Gasteiger partial charge in [0.15, 0.2) is 0 Å². The fourth-order valence-corrected chi connectivity index (χ4v) is 7.55. The van der Waals surface area contributed by atoms with Crippen LogP contribution in [0.1, 0.15) is 29.0 Å². The summed E-state index contributed by atoms with van der Waals surface area (Å²) in [5.74, 6) is 0. The van der Waals surface area contributed by atoms with Gasteiger partial charge in [0.1, 0.15) is 33.5 Å². The molecular weight excluding hydrogens is 631 g/mol. The van der Waals surface area contributed by atoms with E-state index in [2.05, 4.69) is 95.6 Å². The Kier molecular flexibility index (Phi) is 6.99. The van der Waals surface area contributed by atoms with E-state index in [-0.39, 0.29) is 6.17 Å². The molecule has 0 amide bonds. The van der Waals surface area contributed by atoms with Gasteiger partial charge in [-0.15, -0.1) is 0 Å². The molecule has 0 aliphatic carbocycles. The summed E-state index contributed by atoms with van der Waals surface area (Å²) in [6.45, 7) is 0.547. The Morgan fingerprint density at radius 3 is 1.94 bits per heavy atom. The van der Waals surface area contributed by atoms with Gasteiger partial charge >= 0.3 is 0 Å². The number of nitrogens with one attached hydrogen (secondary N) is 2. The molecule has 51 heavy (non-hydrogen) atoms. The minimum atomic E-state index is -0.499. The third-order valence-electron chi connectivity index (χ3n) is 10.0. The molecule has 0 radical (unpaired) electrons. The lowest BCUT2D eigenvalue weighted by atomic mass is 10.0. The second kappa shape index (κ2) is 12.0. The first kappa shape index (κ1) is 29.7. The standard InChI is InChI=1S/C45H33N3O3/c46-44(37-20-10-18-34-32-15-5-7-22-39(32)50-43(34)37)48-45(27-11-2-1-3-12-27)47-26-29-13-8-17-35-36-19-9-16-30(42(36)51-41(29)35)28-23-24-33-31-14-4-6-21-38(31)49-40(33)25-28/h1-25,44-45,47-48H,26,46H2. The zero-order valence-corrected chi connectivity index (χ0v) is 27.6. The van der Waals surface area contributed by atoms with Crippen molar-refractivity contribution in [3.63, 3.8) is 0 Å². The van der Waals surface area contributed by atoms with E-state index in [0.29, 0.717) is 6.54 Å². The van der Waals surface area contributed by atoms with Gasteiger partial charge in [0.2, 0.25) is 0 Å². The molecule has 0 spiro atoms. The number of hydrogen-bond acceptors (Lipinski definition) is 6. The minimum absolute atomic E-state index is 0.258. The van der Waals surface area contributed by atoms with Crippen molar-refractivity contribution in [2.75, 3.05) is 0 Å². The minimum Gasteiger partial charge on any atom is -0.456 e. The lowest BCUT2D eigenvalue weighted by molar-refractivity contribution is 0.385. The number of nitrogens with two attached hydrogens (primary N) is 1. The van der Waals surface area contributed by atoms with E-state index in [1.54, 1.807) is 0 Å². The average molecular weight is 664 g/mol. The van der Waals surface area contributed by atoms with Crippen LogP contribution in [0, 0.1) is 0 Å². The lowest BCUT2D eigenvalue weighted by Gasteiger charge is -2.25. The van der Waals surface area contributed by atoms with E-state index in [1.807, 2.05) is 66.7 Å². The number of para-hydroxylation sites is 5. The van der Waals surface area contributed by atoms with E-state index >= 15 is 0 Å². The van der Waals surface area contributed by atoms with Crippen LogP contribution in [-0.2, 0) is 6.54 Å². The zero-order chi connectivity index (χ0) is 33.9. The van der Waals surface area contributed by atoms with Gasteiger partial charge in [-0.3, -0.25) is 10.6 Å². The zero-order valence-electron chi connectivity index (χ0n) is 27.6. The highest BCUT2D eigenvalue weighted by Gasteiger charge is 2.21. The topological polar surface area (TPSA) is 89.5 Å². The fourth-order valence-electron chi connectivity index (χ4n) is 7.55. The molecule has 10 aromatic rings. The van der Waals surface area contributed by atoms with Gasteiger partial charge in [-0.2, -0.15) is 0 Å². The van der Waals surface area contributed by atoms with Crippen molar-refractivity contribution in [3.05, 3.63) is 168 Å². The molecule has 0 saturated carbocycles. The molecule has 0 bridgehead atoms. The third kappa shape index (κ3) is 5.00. The Bertz CT molecular complexity index is 2880. The third-order valence-corrected chi connectivity index (χ3v) is 10.0. The Labute approximate surface area is 293 Å². The number of fused-ring (bicyclic) bond motifs is 9. The fraction of sp³-hybridized carbons (Fsp3) is 0.0667. The molecule has 6 heteroatoms. The average Bonchev–Trinajstić information content (AvgIpc) is 3.88. The van der Waals surface area contributed by atoms with Crippen LogP contribution in [0.4, 0.5) is 0 Å². The summed E-state index contributed by atoms with van der Waals surface area (Å²) in [5.41, 5.74) is 17.1. The van der Waals surface area contributed by atoms with Crippen molar-refractivity contribution in [2.45, 2.75) is 18.9 Å². The quantitative estimate of drug-likeness (QED) is 0.140. The SMILES string of the molecule is NC(NC(NCc1cccc2c1oc1c(-c3ccc4c(c3)oc3ccccc34)cccc12)c1ccccc1)c1cccc2c1oc1ccccc12. The number of rotatable bonds is 8. The Hall–Kier alpha value is -6.18. The molecule has 0 aliphatic heterocycles. The van der Waals surface area contributed by atoms with Crippen LogP contribution in [0.5, 0.6) is 0 Å². The molecule has 6 nitrogen and oxygen atoms in total. The Morgan fingerprint density at radius 2 is 1.12 bits per heavy atom. The molecular formula is C45H33N3O3. The Balaban J connectivity index is 0.990. The second-order valence-electron chi connectivity index (χ2n) is 13.1. The first-order valence-electron chi connectivity index (χ1n) is 17.2. The van der Waals surface area contributed by atoms with E-state index in [9.17, 15) is 0 Å². The smallest absolute Gasteiger partial charge is 0.143 e. The van der Waals surface area contributed by atoms with Crippen molar-refractivity contribution >= 4 is 65.8 Å². The highest BCUT2D eigenvalue weighted by molar-refractivity contribution is 6.12. The molecule has 2 atom stereocenters. The predicted octanol–water partition coefficient (Wildman–Crippen LogP) is 11.1. The molecule has 246 valence electrons. The van der Waals surface area contributed by atoms with Crippen LogP contribution >= 0.6 is 0 Å². The van der Waals surface area contributed by atoms with Gasteiger partial charge in [0, 0.05) is 55.6 Å². The molecule has 2 unspecified atom stereocenters. The second-order valence-corrected chi connectivity index (χ2v) is 13.1. The summed E-state index contributed by atoms with van der Waals surface area (Å²) in [4.78, 5) is 0. The summed E-state index contributed by atoms with van der Waals surface area (Å²) in [6, 6.07) is 51.8. The summed E-state index contributed by atoms with van der Waals surface area (Å²) < 4.78 is 19.3. The molecule has 7 aromatic carbocycles. The van der Waals surface area contributed by atoms with Gasteiger partial charge in [0.05, 0.1) is 12.3 Å². The predicted molar refractivity (Wildman–Crippen MR) is 206 cm³/mol. The van der Waals surface area contributed by atoms with Crippen molar-refractivity contribution in [1.82, 2.24) is 10.6 Å². The first-order valence-corrected chi connectivity index (χ1v) is 17.2. The molecule has 10 rings (SSSR count). The van der Waals surface area contributed by atoms with Crippen molar-refractivity contribution in [3.8, 4) is 11.1 Å². The van der Waals surface area contributed by atoms with E-state index in [4.69, 9.17) is 19.0 Å².